The van der Waals surface area contributed by atoms with E-state index in [-0.39, 0.29) is 5.92 Å². The number of rotatable bonds is 6. The zero-order valence-corrected chi connectivity index (χ0v) is 25.5. The number of likely N-dealkylation sites (tertiary alicyclic amines) is 1. The van der Waals surface area contributed by atoms with E-state index in [1.807, 2.05) is 18.2 Å². The first-order valence-electron chi connectivity index (χ1n) is 15.8. The quantitative estimate of drug-likeness (QED) is 0.275. The summed E-state index contributed by atoms with van der Waals surface area (Å²) >= 11 is 0. The summed E-state index contributed by atoms with van der Waals surface area (Å²) in [6, 6.07) is 8.53. The molecule has 4 N–H and O–H groups in total. The van der Waals surface area contributed by atoms with Gasteiger partial charge in [-0.2, -0.15) is 10.4 Å². The summed E-state index contributed by atoms with van der Waals surface area (Å²) in [5, 5.41) is 25.9. The molecule has 0 bridgehead atoms. The zero-order chi connectivity index (χ0) is 30.3. The van der Waals surface area contributed by atoms with Crippen LogP contribution in [0.15, 0.2) is 28.9 Å². The summed E-state index contributed by atoms with van der Waals surface area (Å²) in [6.45, 7) is 6.87. The van der Waals surface area contributed by atoms with E-state index in [2.05, 4.69) is 45.6 Å². The molecule has 3 aromatic heterocycles. The van der Waals surface area contributed by atoms with E-state index in [0.29, 0.717) is 41.0 Å². The van der Waals surface area contributed by atoms with Crippen LogP contribution in [0, 0.1) is 11.3 Å². The maximum absolute atomic E-state index is 9.92. The van der Waals surface area contributed by atoms with E-state index in [4.69, 9.17) is 24.7 Å². The first-order chi connectivity index (χ1) is 21.5. The molecule has 44 heavy (non-hydrogen) atoms. The standard InChI is InChI=1S/C28H31N7O2.C5H9NO/c1-3-16-9-10-22(30)20(13-29)25(16)18-7-4-8-19-26(34-37-27(18)19)24-12-23-21(14-31-33-23)28(32-24)36-15-17-6-5-11-35(17)2;1-2-6-5(1)3-7-4-5/h9-10,12,14,17-18H,3-8,11,15,30H2,1-2H3,(H,31,33);6H,1-4H2. The molecule has 3 saturated heterocycles. The third-order valence-corrected chi connectivity index (χ3v) is 9.85. The monoisotopic (exact) mass is 596 g/mol. The van der Waals surface area contributed by atoms with Gasteiger partial charge in [0.1, 0.15) is 24.1 Å². The number of nitrogens with two attached hydrogens (primary N) is 1. The predicted octanol–water partition coefficient (Wildman–Crippen LogP) is 4.32. The summed E-state index contributed by atoms with van der Waals surface area (Å²) in [6.07, 6.45) is 8.87. The Hall–Kier alpha value is -3.98. The van der Waals surface area contributed by atoms with E-state index >= 15 is 0 Å². The van der Waals surface area contributed by atoms with E-state index < -0.39 is 0 Å². The average molecular weight is 597 g/mol. The third-order valence-electron chi connectivity index (χ3n) is 9.85. The number of pyridine rings is 1. The van der Waals surface area contributed by atoms with E-state index in [9.17, 15) is 5.26 Å². The normalized spacial score (nSPS) is 22.0. The van der Waals surface area contributed by atoms with Crippen LogP contribution in [0.5, 0.6) is 5.88 Å². The molecular weight excluding hydrogens is 556 g/mol. The number of nitrogens with zero attached hydrogens (tertiary/aromatic N) is 5. The maximum atomic E-state index is 9.92. The predicted molar refractivity (Wildman–Crippen MR) is 166 cm³/mol. The molecule has 4 aliphatic rings. The number of hydrogen-bond donors (Lipinski definition) is 3. The van der Waals surface area contributed by atoms with Crippen LogP contribution in [-0.4, -0.2) is 76.8 Å². The van der Waals surface area contributed by atoms with Crippen molar-refractivity contribution in [3.05, 3.63) is 52.4 Å². The van der Waals surface area contributed by atoms with Crippen molar-refractivity contribution in [2.24, 2.45) is 0 Å². The number of nitrogen functional groups attached to an aromatic ring is 1. The second-order valence-corrected chi connectivity index (χ2v) is 12.6. The van der Waals surface area contributed by atoms with Crippen LogP contribution >= 0.6 is 0 Å². The van der Waals surface area contributed by atoms with Gasteiger partial charge in [0, 0.05) is 23.2 Å². The Bertz CT molecular complexity index is 1680. The SMILES string of the molecule is C1CC2(COC2)N1.CCc1ccc(N)c(C#N)c1C1CCCc2c(-c3cc4[nH]ncc4c(OCC4CCCN4C)n3)noc21. The summed E-state index contributed by atoms with van der Waals surface area (Å²) in [5.41, 5.74) is 13.1. The number of hydrogen-bond acceptors (Lipinski definition) is 10. The van der Waals surface area contributed by atoms with Crippen LogP contribution in [0.3, 0.4) is 0 Å². The number of nitrogens with one attached hydrogen (secondary N) is 2. The molecule has 3 aliphatic heterocycles. The van der Waals surface area contributed by atoms with Crippen LogP contribution in [0.4, 0.5) is 5.69 Å². The highest BCUT2D eigenvalue weighted by Gasteiger charge is 2.43. The number of ether oxygens (including phenoxy) is 2. The fourth-order valence-corrected chi connectivity index (χ4v) is 7.02. The third kappa shape index (κ3) is 5.11. The zero-order valence-electron chi connectivity index (χ0n) is 25.5. The highest BCUT2D eigenvalue weighted by Crippen LogP contribution is 2.44. The molecule has 6 heterocycles. The molecular formula is C33H40N8O3. The van der Waals surface area contributed by atoms with Gasteiger partial charge in [-0.3, -0.25) is 5.10 Å². The number of anilines is 1. The van der Waals surface area contributed by atoms with Crippen molar-refractivity contribution in [1.82, 2.24) is 30.6 Å². The van der Waals surface area contributed by atoms with Crippen molar-refractivity contribution in [2.75, 3.05) is 45.7 Å². The molecule has 11 heteroatoms. The molecule has 1 aliphatic carbocycles. The summed E-state index contributed by atoms with van der Waals surface area (Å²) in [4.78, 5) is 7.23. The van der Waals surface area contributed by atoms with Crippen molar-refractivity contribution in [3.8, 4) is 23.3 Å². The molecule has 8 rings (SSSR count). The highest BCUT2D eigenvalue weighted by atomic mass is 16.5. The second-order valence-electron chi connectivity index (χ2n) is 12.6. The molecule has 11 nitrogen and oxygen atoms in total. The molecule has 2 atom stereocenters. The maximum Gasteiger partial charge on any atom is 0.225 e. The number of aromatic amines is 1. The first kappa shape index (κ1) is 28.8. The van der Waals surface area contributed by atoms with E-state index in [0.717, 1.165) is 90.9 Å². The number of fused-ring (bicyclic) bond motifs is 2. The Morgan fingerprint density at radius 3 is 2.77 bits per heavy atom. The topological polar surface area (TPSA) is 151 Å². The highest BCUT2D eigenvalue weighted by molar-refractivity contribution is 5.86. The minimum Gasteiger partial charge on any atom is -0.475 e. The lowest BCUT2D eigenvalue weighted by Gasteiger charge is -2.49. The largest absolute Gasteiger partial charge is 0.475 e. The van der Waals surface area contributed by atoms with Gasteiger partial charge in [-0.15, -0.1) is 0 Å². The molecule has 0 saturated carbocycles. The van der Waals surface area contributed by atoms with Crippen LogP contribution in [0.1, 0.15) is 73.0 Å². The molecule has 1 aromatic carbocycles. The summed E-state index contributed by atoms with van der Waals surface area (Å²) in [7, 11) is 2.14. The lowest BCUT2D eigenvalue weighted by Crippen LogP contribution is -2.68. The second kappa shape index (κ2) is 11.8. The Kier molecular flexibility index (Phi) is 7.74. The number of likely N-dealkylation sites (N-methyl/N-ethyl adjacent to an activating group) is 1. The van der Waals surface area contributed by atoms with Gasteiger partial charge < -0.3 is 29.9 Å². The van der Waals surface area contributed by atoms with Gasteiger partial charge in [0.15, 0.2) is 0 Å². The molecule has 0 radical (unpaired) electrons. The van der Waals surface area contributed by atoms with Crippen molar-refractivity contribution >= 4 is 16.6 Å². The van der Waals surface area contributed by atoms with Crippen LogP contribution < -0.4 is 15.8 Å². The van der Waals surface area contributed by atoms with Crippen LogP contribution in [-0.2, 0) is 17.6 Å². The van der Waals surface area contributed by atoms with Gasteiger partial charge in [-0.25, -0.2) is 4.98 Å². The number of benzene rings is 1. The van der Waals surface area contributed by atoms with E-state index in [1.54, 1.807) is 6.20 Å². The fourth-order valence-electron chi connectivity index (χ4n) is 7.02. The van der Waals surface area contributed by atoms with Gasteiger partial charge in [0.05, 0.1) is 47.1 Å². The van der Waals surface area contributed by atoms with Crippen molar-refractivity contribution in [1.29, 1.82) is 5.26 Å². The molecule has 4 aromatic rings. The number of H-pyrrole nitrogens is 1. The fraction of sp³-hybridized carbons (Fsp3) is 0.515. The Balaban J connectivity index is 0.000000389. The number of aryl methyl sites for hydroxylation is 1. The van der Waals surface area contributed by atoms with Gasteiger partial charge in [0.2, 0.25) is 5.88 Å². The van der Waals surface area contributed by atoms with Crippen molar-refractivity contribution in [2.45, 2.75) is 69.4 Å². The number of aromatic nitrogens is 4. The lowest BCUT2D eigenvalue weighted by atomic mass is 9.78. The van der Waals surface area contributed by atoms with Gasteiger partial charge in [-0.05, 0) is 88.3 Å². The van der Waals surface area contributed by atoms with Crippen LogP contribution in [0.2, 0.25) is 0 Å². The molecule has 3 fully saturated rings. The lowest BCUT2D eigenvalue weighted by molar-refractivity contribution is -0.107. The Morgan fingerprint density at radius 2 is 2.11 bits per heavy atom. The molecule has 1 spiro atoms. The summed E-state index contributed by atoms with van der Waals surface area (Å²) in [5.74, 6) is 1.30. The number of nitriles is 1. The van der Waals surface area contributed by atoms with Crippen molar-refractivity contribution < 1.29 is 14.0 Å². The summed E-state index contributed by atoms with van der Waals surface area (Å²) < 4.78 is 17.3. The van der Waals surface area contributed by atoms with Crippen LogP contribution in [0.25, 0.3) is 22.3 Å². The average Bonchev–Trinajstić information content (AvgIpc) is 3.74. The molecule has 0 amide bonds. The smallest absolute Gasteiger partial charge is 0.225 e. The minimum absolute atomic E-state index is 0.0670. The molecule has 2 unspecified atom stereocenters. The first-order valence-corrected chi connectivity index (χ1v) is 15.8. The Morgan fingerprint density at radius 1 is 1.25 bits per heavy atom. The van der Waals surface area contributed by atoms with Gasteiger partial charge >= 0.3 is 0 Å². The van der Waals surface area contributed by atoms with Crippen molar-refractivity contribution in [3.63, 3.8) is 0 Å². The van der Waals surface area contributed by atoms with Gasteiger partial charge in [0.25, 0.3) is 0 Å². The minimum atomic E-state index is -0.0670. The van der Waals surface area contributed by atoms with E-state index in [1.165, 1.54) is 19.4 Å². The van der Waals surface area contributed by atoms with Gasteiger partial charge in [-0.1, -0.05) is 18.1 Å². The molecule has 230 valence electrons. The Labute approximate surface area is 257 Å².